The molecule has 2 aliphatic carbocycles. The zero-order valence-corrected chi connectivity index (χ0v) is 9.98. The highest BCUT2D eigenvalue weighted by Gasteiger charge is 2.53. The van der Waals surface area contributed by atoms with Gasteiger partial charge in [0, 0.05) is 13.7 Å². The molecule has 1 aliphatic heterocycles. The first-order valence-electron chi connectivity index (χ1n) is 6.33. The van der Waals surface area contributed by atoms with E-state index in [1.54, 1.807) is 7.11 Å². The Morgan fingerprint density at radius 2 is 2.19 bits per heavy atom. The number of hydrogen-bond donors (Lipinski definition) is 1. The van der Waals surface area contributed by atoms with E-state index < -0.39 is 0 Å². The Hall–Kier alpha value is -0.770. The van der Waals surface area contributed by atoms with Crippen LogP contribution < -0.4 is 5.73 Å². The second-order valence-corrected chi connectivity index (χ2v) is 5.54. The molecule has 3 aliphatic rings. The standard InChI is InChI=1S/C12H21N3O/c1-16-8-12(10-4-5-10)7-14-11(13)15(12)6-9-2-3-9/h9-10H,2-8H2,1H3,(H2,13,14). The summed E-state index contributed by atoms with van der Waals surface area (Å²) in [5.74, 6) is 2.34. The predicted molar refractivity (Wildman–Crippen MR) is 63.3 cm³/mol. The summed E-state index contributed by atoms with van der Waals surface area (Å²) in [4.78, 5) is 6.83. The van der Waals surface area contributed by atoms with E-state index in [-0.39, 0.29) is 5.54 Å². The third-order valence-corrected chi connectivity index (χ3v) is 4.20. The molecule has 0 bridgehead atoms. The van der Waals surface area contributed by atoms with E-state index in [0.29, 0.717) is 0 Å². The van der Waals surface area contributed by atoms with Gasteiger partial charge in [0.2, 0.25) is 0 Å². The van der Waals surface area contributed by atoms with Crippen molar-refractivity contribution in [1.29, 1.82) is 0 Å². The molecule has 4 heteroatoms. The normalized spacial score (nSPS) is 34.3. The first-order valence-corrected chi connectivity index (χ1v) is 6.33. The molecule has 0 saturated heterocycles. The number of nitrogens with zero attached hydrogens (tertiary/aromatic N) is 2. The predicted octanol–water partition coefficient (Wildman–Crippen LogP) is 0.822. The highest BCUT2D eigenvalue weighted by atomic mass is 16.5. The molecule has 16 heavy (non-hydrogen) atoms. The van der Waals surface area contributed by atoms with Crippen LogP contribution in [0, 0.1) is 11.8 Å². The maximum absolute atomic E-state index is 6.05. The molecule has 0 radical (unpaired) electrons. The van der Waals surface area contributed by atoms with Crippen molar-refractivity contribution >= 4 is 5.96 Å². The SMILES string of the molecule is COCC1(C2CC2)CN=C(N)N1CC1CC1. The Labute approximate surface area is 96.8 Å². The number of aliphatic imine (C=N–C) groups is 1. The van der Waals surface area contributed by atoms with Gasteiger partial charge in [-0.05, 0) is 37.5 Å². The van der Waals surface area contributed by atoms with Gasteiger partial charge in [0.05, 0.1) is 18.7 Å². The molecule has 0 aromatic rings. The molecular formula is C12H21N3O. The lowest BCUT2D eigenvalue weighted by Crippen LogP contribution is -2.56. The zero-order valence-electron chi connectivity index (χ0n) is 9.98. The lowest BCUT2D eigenvalue weighted by Gasteiger charge is -2.39. The van der Waals surface area contributed by atoms with Crippen molar-refractivity contribution in [3.63, 3.8) is 0 Å². The Balaban J connectivity index is 1.79. The molecular weight excluding hydrogens is 202 g/mol. The first-order chi connectivity index (χ1) is 7.76. The number of guanidine groups is 1. The van der Waals surface area contributed by atoms with E-state index in [9.17, 15) is 0 Å². The Morgan fingerprint density at radius 3 is 2.75 bits per heavy atom. The molecule has 2 saturated carbocycles. The number of hydrogen-bond acceptors (Lipinski definition) is 4. The minimum atomic E-state index is 0.0986. The lowest BCUT2D eigenvalue weighted by atomic mass is 9.92. The van der Waals surface area contributed by atoms with Crippen molar-refractivity contribution in [2.45, 2.75) is 31.2 Å². The highest BCUT2D eigenvalue weighted by Crippen LogP contribution is 2.46. The molecule has 1 heterocycles. The average molecular weight is 223 g/mol. The summed E-state index contributed by atoms with van der Waals surface area (Å²) in [5, 5.41) is 0. The molecule has 0 amide bonds. The van der Waals surface area contributed by atoms with Gasteiger partial charge in [0.25, 0.3) is 0 Å². The Bertz CT molecular complexity index is 309. The quantitative estimate of drug-likeness (QED) is 0.751. The van der Waals surface area contributed by atoms with Crippen LogP contribution in [0.2, 0.25) is 0 Å². The van der Waals surface area contributed by atoms with Crippen LogP contribution in [0.25, 0.3) is 0 Å². The summed E-state index contributed by atoms with van der Waals surface area (Å²) in [7, 11) is 1.79. The van der Waals surface area contributed by atoms with Crippen LogP contribution in [0.5, 0.6) is 0 Å². The molecule has 3 rings (SSSR count). The summed E-state index contributed by atoms with van der Waals surface area (Å²) in [6, 6.07) is 0. The monoisotopic (exact) mass is 223 g/mol. The van der Waals surface area contributed by atoms with Gasteiger partial charge in [-0.2, -0.15) is 0 Å². The molecule has 2 fully saturated rings. The lowest BCUT2D eigenvalue weighted by molar-refractivity contribution is 0.0486. The van der Waals surface area contributed by atoms with E-state index in [1.165, 1.54) is 25.7 Å². The Morgan fingerprint density at radius 1 is 1.44 bits per heavy atom. The van der Waals surface area contributed by atoms with Crippen molar-refractivity contribution in [2.24, 2.45) is 22.6 Å². The van der Waals surface area contributed by atoms with Crippen LogP contribution in [-0.2, 0) is 4.74 Å². The average Bonchev–Trinajstić information content (AvgIpc) is 3.15. The fourth-order valence-corrected chi connectivity index (χ4v) is 2.91. The third kappa shape index (κ3) is 1.59. The van der Waals surface area contributed by atoms with Gasteiger partial charge in [0.15, 0.2) is 5.96 Å². The fourth-order valence-electron chi connectivity index (χ4n) is 2.91. The first kappa shape index (κ1) is 10.4. The van der Waals surface area contributed by atoms with Gasteiger partial charge in [-0.15, -0.1) is 0 Å². The molecule has 4 nitrogen and oxygen atoms in total. The molecule has 0 aromatic heterocycles. The van der Waals surface area contributed by atoms with Crippen molar-refractivity contribution in [2.75, 3.05) is 26.8 Å². The smallest absolute Gasteiger partial charge is 0.191 e. The van der Waals surface area contributed by atoms with Crippen molar-refractivity contribution in [3.05, 3.63) is 0 Å². The van der Waals surface area contributed by atoms with E-state index in [1.807, 2.05) is 0 Å². The van der Waals surface area contributed by atoms with Crippen LogP contribution in [-0.4, -0.2) is 43.2 Å². The van der Waals surface area contributed by atoms with Crippen molar-refractivity contribution < 1.29 is 4.74 Å². The van der Waals surface area contributed by atoms with E-state index in [2.05, 4.69) is 9.89 Å². The second kappa shape index (κ2) is 3.62. The van der Waals surface area contributed by atoms with Gasteiger partial charge in [-0.3, -0.25) is 4.99 Å². The summed E-state index contributed by atoms with van der Waals surface area (Å²) in [6.07, 6.45) is 5.34. The zero-order chi connectivity index (χ0) is 11.2. The molecule has 0 spiro atoms. The highest BCUT2D eigenvalue weighted by molar-refractivity contribution is 5.81. The van der Waals surface area contributed by atoms with E-state index in [4.69, 9.17) is 10.5 Å². The van der Waals surface area contributed by atoms with Gasteiger partial charge >= 0.3 is 0 Å². The maximum Gasteiger partial charge on any atom is 0.191 e. The summed E-state index contributed by atoms with van der Waals surface area (Å²) in [5.41, 5.74) is 6.15. The van der Waals surface area contributed by atoms with Crippen LogP contribution in [0.4, 0.5) is 0 Å². The number of ether oxygens (including phenoxy) is 1. The topological polar surface area (TPSA) is 50.9 Å². The molecule has 2 N–H and O–H groups in total. The van der Waals surface area contributed by atoms with E-state index in [0.717, 1.165) is 37.5 Å². The van der Waals surface area contributed by atoms with Crippen molar-refractivity contribution in [1.82, 2.24) is 4.90 Å². The minimum Gasteiger partial charge on any atom is -0.382 e. The van der Waals surface area contributed by atoms with Gasteiger partial charge in [0.1, 0.15) is 0 Å². The third-order valence-electron chi connectivity index (χ3n) is 4.20. The van der Waals surface area contributed by atoms with Gasteiger partial charge in [-0.1, -0.05) is 0 Å². The van der Waals surface area contributed by atoms with Crippen LogP contribution in [0.3, 0.4) is 0 Å². The van der Waals surface area contributed by atoms with Crippen LogP contribution in [0.15, 0.2) is 4.99 Å². The Kier molecular flexibility index (Phi) is 2.35. The number of nitrogens with two attached hydrogens (primary N) is 1. The second-order valence-electron chi connectivity index (χ2n) is 5.54. The molecule has 90 valence electrons. The summed E-state index contributed by atoms with van der Waals surface area (Å²) in [6.45, 7) is 2.70. The molecule has 0 aromatic carbocycles. The number of methoxy groups -OCH3 is 1. The number of rotatable bonds is 5. The van der Waals surface area contributed by atoms with Gasteiger partial charge < -0.3 is 15.4 Å². The van der Waals surface area contributed by atoms with Crippen LogP contribution in [0.1, 0.15) is 25.7 Å². The molecule has 1 unspecified atom stereocenters. The van der Waals surface area contributed by atoms with Crippen LogP contribution >= 0.6 is 0 Å². The van der Waals surface area contributed by atoms with Gasteiger partial charge in [-0.25, -0.2) is 0 Å². The molecule has 1 atom stereocenters. The minimum absolute atomic E-state index is 0.0986. The van der Waals surface area contributed by atoms with E-state index >= 15 is 0 Å². The maximum atomic E-state index is 6.05. The fraction of sp³-hybridized carbons (Fsp3) is 0.917. The van der Waals surface area contributed by atoms with Crippen molar-refractivity contribution in [3.8, 4) is 0 Å². The largest absolute Gasteiger partial charge is 0.382 e. The summed E-state index contributed by atoms with van der Waals surface area (Å²) >= 11 is 0. The summed E-state index contributed by atoms with van der Waals surface area (Å²) < 4.78 is 5.44.